The maximum absolute atomic E-state index is 11.8. The molecule has 6 rings (SSSR count). The highest BCUT2D eigenvalue weighted by Crippen LogP contribution is 2.22. The number of ether oxygens (including phenoxy) is 6. The molecule has 0 unspecified atom stereocenters. The number of nitro benzene ring substituents is 1. The topological polar surface area (TPSA) is 184 Å². The second-order valence-electron chi connectivity index (χ2n) is 32.2. The Labute approximate surface area is 736 Å². The Balaban J connectivity index is 0.000000514. The number of aryl methyl sites for hydroxylation is 1. The molecule has 6 aromatic rings. The van der Waals surface area contributed by atoms with Crippen LogP contribution in [0.3, 0.4) is 0 Å². The second kappa shape index (κ2) is 78.7. The number of halogens is 2. The predicted octanol–water partition coefficient (Wildman–Crippen LogP) is 31.9. The molecule has 0 aliphatic heterocycles. The van der Waals surface area contributed by atoms with Gasteiger partial charge in [0.25, 0.3) is 5.69 Å². The van der Waals surface area contributed by atoms with Gasteiger partial charge in [-0.05, 0) is 121 Å². The summed E-state index contributed by atoms with van der Waals surface area (Å²) in [7, 11) is 1.64. The number of benzene rings is 6. The van der Waals surface area contributed by atoms with E-state index >= 15 is 0 Å². The van der Waals surface area contributed by atoms with Crippen molar-refractivity contribution >= 4 is 58.7 Å². The quantitative estimate of drug-likeness (QED) is 0.0116. The molecule has 16 heteroatoms. The van der Waals surface area contributed by atoms with Gasteiger partial charge in [0, 0.05) is 47.9 Å². The number of carbonyl (C=O) groups excluding carboxylic acids is 5. The first-order chi connectivity index (χ1) is 58.6. The highest BCUT2D eigenvalue weighted by Gasteiger charge is 2.12. The molecule has 0 aliphatic rings. The summed E-state index contributed by atoms with van der Waals surface area (Å²) in [6, 6.07) is 45.4. The lowest BCUT2D eigenvalue weighted by Crippen LogP contribution is -2.04. The molecule has 0 aromatic heterocycles. The molecule has 0 aliphatic carbocycles. The van der Waals surface area contributed by atoms with Gasteiger partial charge in [-0.25, -0.2) is 4.79 Å². The van der Waals surface area contributed by atoms with E-state index in [-0.39, 0.29) is 48.7 Å². The molecule has 0 heterocycles. The van der Waals surface area contributed by atoms with Gasteiger partial charge in [-0.3, -0.25) is 29.3 Å². The number of nitrogens with zero attached hydrogens (tertiary/aromatic N) is 1. The van der Waals surface area contributed by atoms with Crippen molar-refractivity contribution in [1.82, 2.24) is 0 Å². The minimum Gasteiger partial charge on any atom is -0.497 e. The van der Waals surface area contributed by atoms with Crippen LogP contribution in [0.5, 0.6) is 5.75 Å². The SMILES string of the molecule is CCCCCCCCCC(=O)OCc1ccc(Cl)cc1.CCCCCCCCCCCCCC(=O)OCc1ccc(OC)cc1.CCCCCCCCCCCCCCCCCC(=O)OCc1ccc(C)cc1.CCCCCCCCCCCCCCCCCC(=O)OCc1ccc([N+](=O)[O-])cc1.O=C(OCc1ccc(Cl)cc1)c1ccccc1. The van der Waals surface area contributed by atoms with Gasteiger partial charge < -0.3 is 28.4 Å². The molecule has 0 atom stereocenters. The molecule has 0 bridgehead atoms. The van der Waals surface area contributed by atoms with Crippen molar-refractivity contribution in [3.63, 3.8) is 0 Å². The summed E-state index contributed by atoms with van der Waals surface area (Å²) in [5.74, 6) is 0.0511. The van der Waals surface area contributed by atoms with E-state index in [9.17, 15) is 34.1 Å². The summed E-state index contributed by atoms with van der Waals surface area (Å²) in [4.78, 5) is 68.7. The molecule has 0 N–H and O–H groups in total. The Bertz CT molecular complexity index is 3410. The molecule has 0 amide bonds. The number of rotatable bonds is 65. The van der Waals surface area contributed by atoms with Gasteiger partial charge in [0.1, 0.15) is 38.8 Å². The first-order valence-electron chi connectivity index (χ1n) is 46.8. The number of methoxy groups -OCH3 is 1. The molecule has 0 radical (unpaired) electrons. The van der Waals surface area contributed by atoms with Gasteiger partial charge >= 0.3 is 29.8 Å². The predicted molar refractivity (Wildman–Crippen MR) is 498 cm³/mol. The maximum Gasteiger partial charge on any atom is 0.338 e. The number of hydrogen-bond acceptors (Lipinski definition) is 13. The van der Waals surface area contributed by atoms with Crippen LogP contribution in [0.25, 0.3) is 0 Å². The molecule has 670 valence electrons. The fourth-order valence-corrected chi connectivity index (χ4v) is 13.7. The van der Waals surface area contributed by atoms with Crippen LogP contribution < -0.4 is 4.74 Å². The lowest BCUT2D eigenvalue weighted by Gasteiger charge is -2.06. The van der Waals surface area contributed by atoms with Crippen LogP contribution in [0.4, 0.5) is 5.69 Å². The molecular weight excluding hydrogens is 1540 g/mol. The van der Waals surface area contributed by atoms with Crippen LogP contribution >= 0.6 is 23.2 Å². The summed E-state index contributed by atoms with van der Waals surface area (Å²) in [6.45, 7) is 12.6. The van der Waals surface area contributed by atoms with Crippen LogP contribution in [-0.4, -0.2) is 41.9 Å². The van der Waals surface area contributed by atoms with E-state index in [4.69, 9.17) is 51.6 Å². The summed E-state index contributed by atoms with van der Waals surface area (Å²) >= 11 is 11.6. The van der Waals surface area contributed by atoms with E-state index < -0.39 is 4.92 Å². The summed E-state index contributed by atoms with van der Waals surface area (Å²) in [5.41, 5.74) is 6.55. The second-order valence-corrected chi connectivity index (χ2v) is 33.0. The minimum absolute atomic E-state index is 0.0443. The van der Waals surface area contributed by atoms with E-state index in [1.165, 1.54) is 275 Å². The number of non-ortho nitro benzene ring substituents is 1. The van der Waals surface area contributed by atoms with Crippen molar-refractivity contribution in [2.24, 2.45) is 0 Å². The van der Waals surface area contributed by atoms with Crippen LogP contribution in [0.1, 0.15) is 405 Å². The molecule has 0 fully saturated rings. The molecular formula is C104H157Cl2NO13. The van der Waals surface area contributed by atoms with Gasteiger partial charge in [0.15, 0.2) is 0 Å². The van der Waals surface area contributed by atoms with Crippen LogP contribution in [0.15, 0.2) is 152 Å². The molecule has 0 saturated heterocycles. The number of nitro groups is 1. The summed E-state index contributed by atoms with van der Waals surface area (Å²) < 4.78 is 31.4. The Morgan fingerprint density at radius 1 is 0.283 bits per heavy atom. The molecule has 6 aromatic carbocycles. The molecule has 120 heavy (non-hydrogen) atoms. The van der Waals surface area contributed by atoms with Crippen molar-refractivity contribution in [2.45, 2.75) is 402 Å². The lowest BCUT2D eigenvalue weighted by atomic mass is 10.0. The Hall–Kier alpha value is -7.55. The highest BCUT2D eigenvalue weighted by atomic mass is 35.5. The Morgan fingerprint density at radius 2 is 0.500 bits per heavy atom. The largest absolute Gasteiger partial charge is 0.497 e. The normalized spacial score (nSPS) is 10.6. The fraction of sp³-hybridized carbons (Fsp3) is 0.606. The van der Waals surface area contributed by atoms with Crippen molar-refractivity contribution in [1.29, 1.82) is 0 Å². The zero-order valence-corrected chi connectivity index (χ0v) is 76.8. The van der Waals surface area contributed by atoms with E-state index in [0.717, 1.165) is 84.9 Å². The van der Waals surface area contributed by atoms with Crippen molar-refractivity contribution in [3.05, 3.63) is 211 Å². The Kier molecular flexibility index (Phi) is 71.2. The molecule has 14 nitrogen and oxygen atoms in total. The third-order valence-electron chi connectivity index (χ3n) is 21.2. The van der Waals surface area contributed by atoms with E-state index in [2.05, 4.69) is 46.8 Å². The first-order valence-corrected chi connectivity index (χ1v) is 47.6. The maximum atomic E-state index is 11.8. The van der Waals surface area contributed by atoms with E-state index in [1.807, 2.05) is 66.7 Å². The first kappa shape index (κ1) is 109. The zero-order chi connectivity index (χ0) is 87.0. The molecule has 0 spiro atoms. The number of esters is 5. The highest BCUT2D eigenvalue weighted by molar-refractivity contribution is 6.30. The average Bonchev–Trinajstić information content (AvgIpc) is 0.907. The fourth-order valence-electron chi connectivity index (χ4n) is 13.5. The van der Waals surface area contributed by atoms with Crippen molar-refractivity contribution in [3.8, 4) is 5.75 Å². The third-order valence-corrected chi connectivity index (χ3v) is 21.7. The Morgan fingerprint density at radius 3 is 0.742 bits per heavy atom. The number of carbonyl (C=O) groups is 5. The lowest BCUT2D eigenvalue weighted by molar-refractivity contribution is -0.384. The van der Waals surface area contributed by atoms with Crippen molar-refractivity contribution in [2.75, 3.05) is 7.11 Å². The van der Waals surface area contributed by atoms with Crippen LogP contribution in [-0.2, 0) is 75.9 Å². The monoisotopic (exact) mass is 1700 g/mol. The molecule has 0 saturated carbocycles. The van der Waals surface area contributed by atoms with Crippen LogP contribution in [0, 0.1) is 17.0 Å². The van der Waals surface area contributed by atoms with E-state index in [0.29, 0.717) is 61.1 Å². The standard InChI is InChI=1S/C26H44O2.C25H41NO4.C22H36O3.C17H25ClO2.C14H11ClO2/c1-3-4-5-6-7-8-9-10-11-12-13-14-15-16-17-18-26(27)28-23-25-21-19-24(2)20-22-25;1-2-3-4-5-6-7-8-9-10-11-12-13-14-15-16-17-25(27)30-22-23-18-20-24(21-19-23)26(28)29;1-3-4-5-6-7-8-9-10-11-12-13-14-22(23)25-19-20-15-17-21(24-2)18-16-20;1-2-3-4-5-6-7-8-9-17(19)20-14-15-10-12-16(18)13-11-15;15-13-8-6-11(7-9-13)10-17-14(16)12-4-2-1-3-5-12/h19-22H,3-18,23H2,1-2H3;18-21H,2-17,22H2,1H3;15-18H,3-14,19H2,1-2H3;10-13H,2-9,14H2,1H3;1-9H,10H2. The number of unbranched alkanes of at least 4 members (excludes halogenated alkanes) is 44. The van der Waals surface area contributed by atoms with E-state index in [1.54, 1.807) is 67.8 Å². The van der Waals surface area contributed by atoms with Gasteiger partial charge in [-0.15, -0.1) is 0 Å². The van der Waals surface area contributed by atoms with Gasteiger partial charge in [0.2, 0.25) is 0 Å². The van der Waals surface area contributed by atoms with Crippen LogP contribution in [0.2, 0.25) is 10.0 Å². The summed E-state index contributed by atoms with van der Waals surface area (Å²) in [6.07, 6.45) is 64.5. The smallest absolute Gasteiger partial charge is 0.338 e. The van der Waals surface area contributed by atoms with Gasteiger partial charge in [-0.1, -0.05) is 418 Å². The van der Waals surface area contributed by atoms with Gasteiger partial charge in [0.05, 0.1) is 17.6 Å². The summed E-state index contributed by atoms with van der Waals surface area (Å²) in [5, 5.41) is 12.0. The number of hydrogen-bond donors (Lipinski definition) is 0. The third kappa shape index (κ3) is 66.1. The van der Waals surface area contributed by atoms with Gasteiger partial charge in [-0.2, -0.15) is 0 Å². The minimum atomic E-state index is -0.438. The average molecular weight is 1700 g/mol. The zero-order valence-electron chi connectivity index (χ0n) is 75.2. The van der Waals surface area contributed by atoms with Crippen molar-refractivity contribution < 1.29 is 57.3 Å².